The number of benzene rings is 1. The minimum atomic E-state index is 0.0633. The fraction of sp³-hybridized carbons (Fsp3) is 0.308. The molecule has 0 radical (unpaired) electrons. The van der Waals surface area contributed by atoms with Crippen LogP contribution in [0, 0.1) is 0 Å². The average Bonchev–Trinajstić information content (AvgIpc) is 2.89. The second-order valence-corrected chi connectivity index (χ2v) is 5.06. The molecule has 1 aliphatic heterocycles. The van der Waals surface area contributed by atoms with Crippen LogP contribution in [0.5, 0.6) is 0 Å². The molecule has 94 valence electrons. The second-order valence-electron chi connectivity index (χ2n) is 4.20. The fourth-order valence-electron chi connectivity index (χ4n) is 2.15. The number of morpholine rings is 1. The van der Waals surface area contributed by atoms with Crippen molar-refractivity contribution in [1.82, 2.24) is 14.9 Å². The number of halogens is 1. The number of hydrogen-bond donors (Lipinski definition) is 1. The lowest BCUT2D eigenvalue weighted by Gasteiger charge is -2.24. The van der Waals surface area contributed by atoms with E-state index in [1.165, 1.54) is 0 Å². The fourth-order valence-corrected chi connectivity index (χ4v) is 2.62. The van der Waals surface area contributed by atoms with E-state index in [9.17, 15) is 0 Å². The highest BCUT2D eigenvalue weighted by Gasteiger charge is 2.20. The molecule has 1 fully saturated rings. The third-order valence-electron chi connectivity index (χ3n) is 3.04. The summed E-state index contributed by atoms with van der Waals surface area (Å²) in [6, 6.07) is 8.11. The molecule has 0 amide bonds. The molecule has 0 bridgehead atoms. The van der Waals surface area contributed by atoms with E-state index in [1.807, 2.05) is 30.7 Å². The van der Waals surface area contributed by atoms with Crippen LogP contribution in [0.1, 0.15) is 11.8 Å². The van der Waals surface area contributed by atoms with Crippen LogP contribution in [0.3, 0.4) is 0 Å². The predicted molar refractivity (Wildman–Crippen MR) is 72.8 cm³/mol. The molecule has 1 atom stereocenters. The van der Waals surface area contributed by atoms with Crippen molar-refractivity contribution in [2.75, 3.05) is 19.7 Å². The predicted octanol–water partition coefficient (Wildman–Crippen LogP) is 2.30. The summed E-state index contributed by atoms with van der Waals surface area (Å²) in [5.74, 6) is 0. The Morgan fingerprint density at radius 3 is 3.06 bits per heavy atom. The number of aromatic nitrogens is 2. The summed E-state index contributed by atoms with van der Waals surface area (Å²) in [5, 5.41) is 3.34. The molecule has 2 aromatic rings. The Morgan fingerprint density at radius 1 is 1.39 bits per heavy atom. The van der Waals surface area contributed by atoms with Gasteiger partial charge in [0.15, 0.2) is 0 Å². The van der Waals surface area contributed by atoms with E-state index in [0.717, 1.165) is 35.6 Å². The van der Waals surface area contributed by atoms with Gasteiger partial charge in [-0.15, -0.1) is 0 Å². The van der Waals surface area contributed by atoms with Crippen molar-refractivity contribution < 1.29 is 4.74 Å². The molecule has 1 aromatic carbocycles. The largest absolute Gasteiger partial charge is 0.369 e. The molecule has 1 N–H and O–H groups in total. The molecule has 4 nitrogen and oxygen atoms in total. The van der Waals surface area contributed by atoms with Gasteiger partial charge in [-0.1, -0.05) is 12.1 Å². The Balaban J connectivity index is 1.98. The van der Waals surface area contributed by atoms with Gasteiger partial charge < -0.3 is 10.1 Å². The van der Waals surface area contributed by atoms with Crippen molar-refractivity contribution in [2.24, 2.45) is 0 Å². The third kappa shape index (κ3) is 2.21. The van der Waals surface area contributed by atoms with Crippen LogP contribution < -0.4 is 5.32 Å². The summed E-state index contributed by atoms with van der Waals surface area (Å²) >= 11 is 3.57. The summed E-state index contributed by atoms with van der Waals surface area (Å²) in [5.41, 5.74) is 2.16. The van der Waals surface area contributed by atoms with Crippen molar-refractivity contribution >= 4 is 15.9 Å². The molecular formula is C13H14BrN3O. The smallest absolute Gasteiger partial charge is 0.112 e. The van der Waals surface area contributed by atoms with Gasteiger partial charge in [-0.2, -0.15) is 0 Å². The number of nitrogens with one attached hydrogen (secondary N) is 1. The number of rotatable bonds is 2. The first-order chi connectivity index (χ1) is 8.86. The van der Waals surface area contributed by atoms with E-state index in [-0.39, 0.29) is 6.10 Å². The van der Waals surface area contributed by atoms with Gasteiger partial charge in [0.1, 0.15) is 6.10 Å². The summed E-state index contributed by atoms with van der Waals surface area (Å²) in [7, 11) is 0. The van der Waals surface area contributed by atoms with Crippen LogP contribution in [-0.2, 0) is 4.74 Å². The van der Waals surface area contributed by atoms with Crippen molar-refractivity contribution in [3.05, 3.63) is 47.0 Å². The first kappa shape index (κ1) is 11.9. The normalized spacial score (nSPS) is 19.9. The standard InChI is InChI=1S/C13H14BrN3O/c14-10-3-1-2-4-11(10)17-9-16-7-12(17)13-8-15-5-6-18-13/h1-4,7,9,13,15H,5-6,8H2. The van der Waals surface area contributed by atoms with Crippen molar-refractivity contribution in [2.45, 2.75) is 6.10 Å². The molecule has 5 heteroatoms. The van der Waals surface area contributed by atoms with Gasteiger partial charge in [-0.05, 0) is 28.1 Å². The quantitative estimate of drug-likeness (QED) is 0.925. The van der Waals surface area contributed by atoms with E-state index in [1.54, 1.807) is 0 Å². The van der Waals surface area contributed by atoms with Gasteiger partial charge in [0.25, 0.3) is 0 Å². The Hall–Kier alpha value is -1.17. The molecule has 0 spiro atoms. The summed E-state index contributed by atoms with van der Waals surface area (Å²) in [4.78, 5) is 4.25. The maximum atomic E-state index is 5.79. The molecule has 0 saturated carbocycles. The van der Waals surface area contributed by atoms with E-state index in [2.05, 4.69) is 36.9 Å². The summed E-state index contributed by atoms with van der Waals surface area (Å²) in [6.45, 7) is 2.49. The van der Waals surface area contributed by atoms with Crippen LogP contribution in [0.15, 0.2) is 41.3 Å². The SMILES string of the molecule is Brc1ccccc1-n1cncc1C1CNCCO1. The molecule has 1 saturated heterocycles. The Morgan fingerprint density at radius 2 is 2.28 bits per heavy atom. The van der Waals surface area contributed by atoms with E-state index < -0.39 is 0 Å². The maximum Gasteiger partial charge on any atom is 0.112 e. The third-order valence-corrected chi connectivity index (χ3v) is 3.71. The van der Waals surface area contributed by atoms with Crippen LogP contribution in [0.25, 0.3) is 5.69 Å². The number of para-hydroxylation sites is 1. The maximum absolute atomic E-state index is 5.79. The zero-order valence-electron chi connectivity index (χ0n) is 9.84. The lowest BCUT2D eigenvalue weighted by molar-refractivity contribution is 0.0240. The molecule has 3 rings (SSSR count). The Bertz CT molecular complexity index is 535. The van der Waals surface area contributed by atoms with Gasteiger partial charge in [-0.3, -0.25) is 4.57 Å². The second kappa shape index (κ2) is 5.22. The number of imidazole rings is 1. The molecule has 2 heterocycles. The van der Waals surface area contributed by atoms with Crippen LogP contribution in [0.4, 0.5) is 0 Å². The highest BCUT2D eigenvalue weighted by Crippen LogP contribution is 2.26. The minimum absolute atomic E-state index is 0.0633. The highest BCUT2D eigenvalue weighted by atomic mass is 79.9. The minimum Gasteiger partial charge on any atom is -0.369 e. The molecule has 0 aliphatic carbocycles. The topological polar surface area (TPSA) is 39.1 Å². The molecule has 1 unspecified atom stereocenters. The molecule has 1 aromatic heterocycles. The average molecular weight is 308 g/mol. The summed E-state index contributed by atoms with van der Waals surface area (Å²) < 4.78 is 8.91. The summed E-state index contributed by atoms with van der Waals surface area (Å²) in [6.07, 6.45) is 3.76. The van der Waals surface area contributed by atoms with Crippen LogP contribution >= 0.6 is 15.9 Å². The molecule has 18 heavy (non-hydrogen) atoms. The van der Waals surface area contributed by atoms with Gasteiger partial charge in [0.05, 0.1) is 30.5 Å². The van der Waals surface area contributed by atoms with E-state index >= 15 is 0 Å². The first-order valence-corrected chi connectivity index (χ1v) is 6.75. The number of ether oxygens (including phenoxy) is 1. The lowest BCUT2D eigenvalue weighted by atomic mass is 10.2. The van der Waals surface area contributed by atoms with Crippen molar-refractivity contribution in [3.63, 3.8) is 0 Å². The van der Waals surface area contributed by atoms with Crippen molar-refractivity contribution in [1.29, 1.82) is 0 Å². The van der Waals surface area contributed by atoms with Gasteiger partial charge in [0, 0.05) is 17.6 Å². The van der Waals surface area contributed by atoms with Crippen LogP contribution in [0.2, 0.25) is 0 Å². The zero-order chi connectivity index (χ0) is 12.4. The number of nitrogens with zero attached hydrogens (tertiary/aromatic N) is 2. The van der Waals surface area contributed by atoms with Crippen molar-refractivity contribution in [3.8, 4) is 5.69 Å². The highest BCUT2D eigenvalue weighted by molar-refractivity contribution is 9.10. The Labute approximate surface area is 114 Å². The van der Waals surface area contributed by atoms with Gasteiger partial charge in [0.2, 0.25) is 0 Å². The van der Waals surface area contributed by atoms with Gasteiger partial charge in [-0.25, -0.2) is 4.98 Å². The first-order valence-electron chi connectivity index (χ1n) is 5.96. The van der Waals surface area contributed by atoms with E-state index in [4.69, 9.17) is 4.74 Å². The zero-order valence-corrected chi connectivity index (χ0v) is 11.4. The van der Waals surface area contributed by atoms with E-state index in [0.29, 0.717) is 0 Å². The molecule has 1 aliphatic rings. The van der Waals surface area contributed by atoms with Gasteiger partial charge >= 0.3 is 0 Å². The lowest BCUT2D eigenvalue weighted by Crippen LogP contribution is -2.34. The van der Waals surface area contributed by atoms with Crippen LogP contribution in [-0.4, -0.2) is 29.2 Å². The molecular weight excluding hydrogens is 294 g/mol. The monoisotopic (exact) mass is 307 g/mol. The number of hydrogen-bond acceptors (Lipinski definition) is 3. The Kier molecular flexibility index (Phi) is 3.45.